The Balaban J connectivity index is 1.34. The van der Waals surface area contributed by atoms with Gasteiger partial charge in [-0.05, 0) is 31.7 Å². The number of nitrogens with one attached hydrogen (secondary N) is 4. The Morgan fingerprint density at radius 3 is 2.55 bits per heavy atom. The lowest BCUT2D eigenvalue weighted by Gasteiger charge is -2.41. The van der Waals surface area contributed by atoms with E-state index in [0.29, 0.717) is 42.6 Å². The first-order valence-corrected chi connectivity index (χ1v) is 14.4. The van der Waals surface area contributed by atoms with Gasteiger partial charge < -0.3 is 35.3 Å². The SMILES string of the molecule is COc1cc(N2CCC(N3CCOCC3)CC2)c2cc1Nc1nc(c3c(C(F)(F)F)c[nH]c3n1)NCCCCC(=O)N2. The highest BCUT2D eigenvalue weighted by Gasteiger charge is 2.36. The monoisotopic (exact) mass is 588 g/mol. The van der Waals surface area contributed by atoms with Gasteiger partial charge in [-0.2, -0.15) is 23.1 Å². The smallest absolute Gasteiger partial charge is 0.418 e. The number of carbonyl (C=O) groups is 1. The van der Waals surface area contributed by atoms with Crippen LogP contribution >= 0.6 is 0 Å². The van der Waals surface area contributed by atoms with E-state index in [9.17, 15) is 18.0 Å². The van der Waals surface area contributed by atoms with Gasteiger partial charge in [-0.3, -0.25) is 9.69 Å². The van der Waals surface area contributed by atoms with Gasteiger partial charge in [0.2, 0.25) is 11.9 Å². The van der Waals surface area contributed by atoms with Crippen LogP contribution < -0.4 is 25.6 Å². The number of hydrogen-bond acceptors (Lipinski definition) is 9. The largest absolute Gasteiger partial charge is 0.494 e. The highest BCUT2D eigenvalue weighted by molar-refractivity contribution is 5.97. The van der Waals surface area contributed by atoms with Crippen LogP contribution in [0.5, 0.6) is 5.75 Å². The molecule has 2 aromatic heterocycles. The number of rotatable bonds is 3. The van der Waals surface area contributed by atoms with Crippen LogP contribution in [-0.4, -0.2) is 84.8 Å². The number of anilines is 5. The van der Waals surface area contributed by atoms with E-state index in [1.165, 1.54) is 0 Å². The molecular formula is C28H35F3N8O3. The fourth-order valence-corrected chi connectivity index (χ4v) is 6.00. The van der Waals surface area contributed by atoms with Crippen molar-refractivity contribution < 1.29 is 27.4 Å². The van der Waals surface area contributed by atoms with Crippen LogP contribution in [0.1, 0.15) is 37.7 Å². The van der Waals surface area contributed by atoms with E-state index in [2.05, 4.69) is 40.7 Å². The number of aromatic amines is 1. The molecule has 5 heterocycles. The summed E-state index contributed by atoms with van der Waals surface area (Å²) in [5.74, 6) is 0.518. The minimum Gasteiger partial charge on any atom is -0.494 e. The molecule has 1 aromatic carbocycles. The number of nitrogens with zero attached hydrogens (tertiary/aromatic N) is 4. The molecule has 4 N–H and O–H groups in total. The molecule has 11 nitrogen and oxygen atoms in total. The van der Waals surface area contributed by atoms with Crippen LogP contribution in [0.25, 0.3) is 11.0 Å². The van der Waals surface area contributed by atoms with E-state index in [0.717, 1.165) is 64.1 Å². The van der Waals surface area contributed by atoms with Crippen molar-refractivity contribution in [1.82, 2.24) is 19.9 Å². The van der Waals surface area contributed by atoms with Gasteiger partial charge in [0.25, 0.3) is 0 Å². The molecule has 42 heavy (non-hydrogen) atoms. The maximum Gasteiger partial charge on any atom is 0.418 e. The zero-order valence-corrected chi connectivity index (χ0v) is 23.4. The molecule has 14 heteroatoms. The minimum atomic E-state index is -4.57. The Labute approximate surface area is 241 Å². The zero-order valence-electron chi connectivity index (χ0n) is 23.4. The van der Waals surface area contributed by atoms with Crippen LogP contribution in [0, 0.1) is 0 Å². The Kier molecular flexibility index (Phi) is 7.99. The quantitative estimate of drug-likeness (QED) is 0.349. The number of fused-ring (bicyclic) bond motifs is 6. The Bertz CT molecular complexity index is 1430. The van der Waals surface area contributed by atoms with Gasteiger partial charge in [-0.15, -0.1) is 0 Å². The molecule has 3 aliphatic heterocycles. The van der Waals surface area contributed by atoms with Gasteiger partial charge in [0.05, 0.1) is 48.3 Å². The van der Waals surface area contributed by atoms with E-state index in [-0.39, 0.29) is 35.1 Å². The second-order valence-electron chi connectivity index (χ2n) is 10.8. The molecule has 226 valence electrons. The first-order chi connectivity index (χ1) is 20.3. The van der Waals surface area contributed by atoms with E-state index in [1.807, 2.05) is 6.07 Å². The first kappa shape index (κ1) is 28.3. The van der Waals surface area contributed by atoms with Crippen molar-refractivity contribution in [3.63, 3.8) is 0 Å². The Morgan fingerprint density at radius 1 is 1.02 bits per heavy atom. The number of aromatic nitrogens is 3. The van der Waals surface area contributed by atoms with Gasteiger partial charge >= 0.3 is 6.18 Å². The van der Waals surface area contributed by atoms with Crippen molar-refractivity contribution in [2.24, 2.45) is 0 Å². The molecule has 0 spiro atoms. The van der Waals surface area contributed by atoms with Crippen LogP contribution in [0.4, 0.5) is 42.0 Å². The molecule has 3 aliphatic rings. The number of amides is 1. The van der Waals surface area contributed by atoms with E-state index < -0.39 is 11.7 Å². The third kappa shape index (κ3) is 5.91. The fourth-order valence-electron chi connectivity index (χ4n) is 6.00. The van der Waals surface area contributed by atoms with Crippen LogP contribution in [-0.2, 0) is 15.7 Å². The van der Waals surface area contributed by atoms with Crippen LogP contribution in [0.2, 0.25) is 0 Å². The topological polar surface area (TPSA) is 120 Å². The molecule has 0 unspecified atom stereocenters. The van der Waals surface area contributed by atoms with Crippen molar-refractivity contribution in [2.75, 3.05) is 73.9 Å². The summed E-state index contributed by atoms with van der Waals surface area (Å²) in [6, 6.07) is 4.16. The summed E-state index contributed by atoms with van der Waals surface area (Å²) in [6.07, 6.45) is -0.274. The van der Waals surface area contributed by atoms with Crippen molar-refractivity contribution in [1.29, 1.82) is 0 Å². The van der Waals surface area contributed by atoms with Gasteiger partial charge in [-0.1, -0.05) is 0 Å². The molecule has 0 atom stereocenters. The fraction of sp³-hybridized carbons (Fsp3) is 0.536. The number of carbonyl (C=O) groups excluding carboxylic acids is 1. The summed E-state index contributed by atoms with van der Waals surface area (Å²) in [7, 11) is 1.54. The number of benzene rings is 1. The van der Waals surface area contributed by atoms with E-state index >= 15 is 0 Å². The Morgan fingerprint density at radius 2 is 1.81 bits per heavy atom. The summed E-state index contributed by atoms with van der Waals surface area (Å²) in [5, 5.41) is 9.10. The molecule has 2 fully saturated rings. The van der Waals surface area contributed by atoms with Crippen molar-refractivity contribution in [2.45, 2.75) is 44.3 Å². The lowest BCUT2D eigenvalue weighted by atomic mass is 10.0. The molecule has 0 radical (unpaired) electrons. The summed E-state index contributed by atoms with van der Waals surface area (Å²) in [5.41, 5.74) is 1.18. The molecular weight excluding hydrogens is 553 g/mol. The number of methoxy groups -OCH3 is 1. The van der Waals surface area contributed by atoms with Gasteiger partial charge in [0.1, 0.15) is 17.2 Å². The maximum atomic E-state index is 13.7. The van der Waals surface area contributed by atoms with Gasteiger partial charge in [0.15, 0.2) is 0 Å². The molecule has 2 saturated heterocycles. The third-order valence-electron chi connectivity index (χ3n) is 8.17. The van der Waals surface area contributed by atoms with Gasteiger partial charge in [0, 0.05) is 57.4 Å². The predicted molar refractivity (Wildman–Crippen MR) is 154 cm³/mol. The normalized spacial score (nSPS) is 19.5. The molecule has 1 amide bonds. The standard InChI is InChI=1S/C28H35F3N8O3/c1-41-22-15-21(39-8-5-17(6-9-39)38-10-12-42-13-11-38)19-14-20(22)35-27-36-25(32-7-3-2-4-23(40)34-19)24-18(28(29,30)31)16-33-26(24)37-27/h14-17H,2-13H2,1H3,(H,34,40)(H3,32,33,35,36,37). The van der Waals surface area contributed by atoms with E-state index in [1.54, 1.807) is 13.2 Å². The zero-order chi connectivity index (χ0) is 29.3. The number of alkyl halides is 3. The third-order valence-corrected chi connectivity index (χ3v) is 8.17. The number of halogens is 3. The van der Waals surface area contributed by atoms with Crippen LogP contribution in [0.15, 0.2) is 18.3 Å². The molecule has 0 saturated carbocycles. The maximum absolute atomic E-state index is 13.7. The van der Waals surface area contributed by atoms with Crippen molar-refractivity contribution in [3.8, 4) is 5.75 Å². The number of morpholine rings is 1. The number of piperidine rings is 1. The lowest BCUT2D eigenvalue weighted by Crippen LogP contribution is -2.49. The predicted octanol–water partition coefficient (Wildman–Crippen LogP) is 4.56. The van der Waals surface area contributed by atoms with Crippen molar-refractivity contribution in [3.05, 3.63) is 23.9 Å². The molecule has 3 aromatic rings. The summed E-state index contributed by atoms with van der Waals surface area (Å²) < 4.78 is 52.4. The van der Waals surface area contributed by atoms with E-state index in [4.69, 9.17) is 9.47 Å². The van der Waals surface area contributed by atoms with Crippen molar-refractivity contribution >= 4 is 45.8 Å². The molecule has 0 aliphatic carbocycles. The highest BCUT2D eigenvalue weighted by Crippen LogP contribution is 2.41. The first-order valence-electron chi connectivity index (χ1n) is 14.4. The average molecular weight is 589 g/mol. The number of H-pyrrole nitrogens is 1. The second kappa shape index (κ2) is 11.8. The molecule has 6 rings (SSSR count). The summed E-state index contributed by atoms with van der Waals surface area (Å²) >= 11 is 0. The summed E-state index contributed by atoms with van der Waals surface area (Å²) in [4.78, 5) is 29.2. The second-order valence-corrected chi connectivity index (χ2v) is 10.8. The van der Waals surface area contributed by atoms with Crippen LogP contribution in [0.3, 0.4) is 0 Å². The van der Waals surface area contributed by atoms with Gasteiger partial charge in [-0.25, -0.2) is 0 Å². The summed E-state index contributed by atoms with van der Waals surface area (Å²) in [6.45, 7) is 5.43. The number of ether oxygens (including phenoxy) is 2. The number of hydrogen-bond donors (Lipinski definition) is 4. The Hall–Kier alpha value is -3.78. The molecule has 4 bridgehead atoms. The average Bonchev–Trinajstić information content (AvgIpc) is 3.42. The minimum absolute atomic E-state index is 0.0571. The lowest BCUT2D eigenvalue weighted by molar-refractivity contribution is -0.136. The highest BCUT2D eigenvalue weighted by atomic mass is 19.4.